The van der Waals surface area contributed by atoms with Crippen LogP contribution in [-0.2, 0) is 16.4 Å². The van der Waals surface area contributed by atoms with Gasteiger partial charge in [0.25, 0.3) is 0 Å². The quantitative estimate of drug-likeness (QED) is 0.711. The molecule has 0 fully saturated rings. The minimum atomic E-state index is -3.53. The third kappa shape index (κ3) is 3.50. The first-order valence-corrected chi connectivity index (χ1v) is 8.48. The third-order valence-electron chi connectivity index (χ3n) is 2.83. The first-order valence-electron chi connectivity index (χ1n) is 6.12. The normalized spacial score (nSPS) is 11.4. The monoisotopic (exact) mass is 311 g/mol. The molecule has 0 radical (unpaired) electrons. The van der Waals surface area contributed by atoms with Gasteiger partial charge < -0.3 is 11.1 Å². The van der Waals surface area contributed by atoms with Crippen molar-refractivity contribution in [1.29, 1.82) is 0 Å². The molecule has 0 spiro atoms. The van der Waals surface area contributed by atoms with Gasteiger partial charge in [-0.1, -0.05) is 6.07 Å². The van der Waals surface area contributed by atoms with Crippen molar-refractivity contribution in [3.8, 4) is 0 Å². The van der Waals surface area contributed by atoms with E-state index >= 15 is 0 Å². The number of hydrogen-bond acceptors (Lipinski definition) is 5. The van der Waals surface area contributed by atoms with Gasteiger partial charge in [-0.25, -0.2) is 13.1 Å². The van der Waals surface area contributed by atoms with Crippen LogP contribution in [-0.4, -0.2) is 22.0 Å². The predicted octanol–water partition coefficient (Wildman–Crippen LogP) is 1.89. The Bertz CT molecular complexity index is 667. The second-order valence-electron chi connectivity index (χ2n) is 4.22. The summed E-state index contributed by atoms with van der Waals surface area (Å²) in [6, 6.07) is 8.89. The molecule has 108 valence electrons. The average Bonchev–Trinajstić information content (AvgIpc) is 2.93. The molecule has 0 amide bonds. The summed E-state index contributed by atoms with van der Waals surface area (Å²) in [6.45, 7) is 0.663. The molecular formula is C13H17N3O2S2. The molecule has 20 heavy (non-hydrogen) atoms. The molecule has 1 aromatic carbocycles. The van der Waals surface area contributed by atoms with Crippen LogP contribution >= 0.6 is 11.3 Å². The molecule has 0 unspecified atom stereocenters. The van der Waals surface area contributed by atoms with Crippen molar-refractivity contribution >= 4 is 32.7 Å². The van der Waals surface area contributed by atoms with Crippen LogP contribution in [0.15, 0.2) is 40.6 Å². The number of nitrogens with one attached hydrogen (secondary N) is 2. The van der Waals surface area contributed by atoms with Gasteiger partial charge in [0.2, 0.25) is 10.0 Å². The molecule has 0 bridgehead atoms. The first-order chi connectivity index (χ1) is 9.53. The summed E-state index contributed by atoms with van der Waals surface area (Å²) in [5.74, 6) is 0. The first kappa shape index (κ1) is 14.8. The molecule has 0 saturated carbocycles. The zero-order valence-electron chi connectivity index (χ0n) is 11.1. The Balaban J connectivity index is 2.15. The van der Waals surface area contributed by atoms with Crippen molar-refractivity contribution in [3.63, 3.8) is 0 Å². The van der Waals surface area contributed by atoms with Crippen LogP contribution in [0.3, 0.4) is 0 Å². The van der Waals surface area contributed by atoms with E-state index in [9.17, 15) is 8.42 Å². The minimum absolute atomic E-state index is 0.172. The SMILES string of the molecule is CNS(=O)(=O)c1cc(N)ccc1NCCc1cccs1. The highest BCUT2D eigenvalue weighted by molar-refractivity contribution is 7.89. The molecule has 4 N–H and O–H groups in total. The Morgan fingerprint density at radius 2 is 2.10 bits per heavy atom. The molecule has 1 heterocycles. The zero-order chi connectivity index (χ0) is 14.6. The Morgan fingerprint density at radius 1 is 1.30 bits per heavy atom. The van der Waals surface area contributed by atoms with Crippen LogP contribution in [0.2, 0.25) is 0 Å². The van der Waals surface area contributed by atoms with Gasteiger partial charge in [0, 0.05) is 17.1 Å². The lowest BCUT2D eigenvalue weighted by molar-refractivity contribution is 0.588. The maximum absolute atomic E-state index is 12.0. The Hall–Kier alpha value is -1.57. The summed E-state index contributed by atoms with van der Waals surface area (Å²) in [5, 5.41) is 5.17. The zero-order valence-corrected chi connectivity index (χ0v) is 12.7. The number of rotatable bonds is 6. The maximum atomic E-state index is 12.0. The number of nitrogens with two attached hydrogens (primary N) is 1. The van der Waals surface area contributed by atoms with E-state index in [0.717, 1.165) is 6.42 Å². The number of anilines is 2. The molecular weight excluding hydrogens is 294 g/mol. The molecule has 0 aliphatic rings. The van der Waals surface area contributed by atoms with E-state index in [1.54, 1.807) is 23.5 Å². The summed E-state index contributed by atoms with van der Waals surface area (Å²) < 4.78 is 26.2. The van der Waals surface area contributed by atoms with E-state index in [4.69, 9.17) is 5.73 Å². The Labute approximate surface area is 122 Å². The minimum Gasteiger partial charge on any atom is -0.399 e. The second-order valence-corrected chi connectivity index (χ2v) is 7.11. The third-order valence-corrected chi connectivity index (χ3v) is 5.22. The van der Waals surface area contributed by atoms with Crippen LogP contribution in [0.5, 0.6) is 0 Å². The van der Waals surface area contributed by atoms with Crippen LogP contribution in [0, 0.1) is 0 Å². The van der Waals surface area contributed by atoms with Gasteiger partial charge in [0.05, 0.1) is 5.69 Å². The fourth-order valence-electron chi connectivity index (χ4n) is 1.79. The van der Waals surface area contributed by atoms with E-state index in [-0.39, 0.29) is 4.90 Å². The lowest BCUT2D eigenvalue weighted by Gasteiger charge is -2.12. The topological polar surface area (TPSA) is 84.2 Å². The molecule has 0 aliphatic carbocycles. The molecule has 0 saturated heterocycles. The van der Waals surface area contributed by atoms with Crippen molar-refractivity contribution in [2.75, 3.05) is 24.6 Å². The molecule has 1 aromatic heterocycles. The van der Waals surface area contributed by atoms with Gasteiger partial charge in [-0.05, 0) is 43.1 Å². The smallest absolute Gasteiger partial charge is 0.242 e. The number of sulfonamides is 1. The van der Waals surface area contributed by atoms with Gasteiger partial charge in [0.1, 0.15) is 4.90 Å². The van der Waals surface area contributed by atoms with E-state index in [0.29, 0.717) is 17.9 Å². The molecule has 7 heteroatoms. The van der Waals surface area contributed by atoms with Crippen molar-refractivity contribution in [1.82, 2.24) is 4.72 Å². The fourth-order valence-corrected chi connectivity index (χ4v) is 3.44. The van der Waals surface area contributed by atoms with E-state index < -0.39 is 10.0 Å². The second kappa shape index (κ2) is 6.25. The molecule has 2 aromatic rings. The van der Waals surface area contributed by atoms with Crippen LogP contribution in [0.4, 0.5) is 11.4 Å². The van der Waals surface area contributed by atoms with E-state index in [1.807, 2.05) is 11.4 Å². The lowest BCUT2D eigenvalue weighted by atomic mass is 10.2. The van der Waals surface area contributed by atoms with E-state index in [2.05, 4.69) is 16.1 Å². The number of thiophene rings is 1. The van der Waals surface area contributed by atoms with Gasteiger partial charge in [0.15, 0.2) is 0 Å². The van der Waals surface area contributed by atoms with Gasteiger partial charge in [-0.15, -0.1) is 11.3 Å². The standard InChI is InChI=1S/C13H17N3O2S2/c1-15-20(17,18)13-9-10(14)4-5-12(13)16-7-6-11-3-2-8-19-11/h2-5,8-9,15-16H,6-7,14H2,1H3. The van der Waals surface area contributed by atoms with Gasteiger partial charge >= 0.3 is 0 Å². The Kier molecular flexibility index (Phi) is 4.64. The van der Waals surface area contributed by atoms with Crippen LogP contribution in [0.25, 0.3) is 0 Å². The predicted molar refractivity (Wildman–Crippen MR) is 83.6 cm³/mol. The largest absolute Gasteiger partial charge is 0.399 e. The highest BCUT2D eigenvalue weighted by Gasteiger charge is 2.16. The molecule has 2 rings (SSSR count). The van der Waals surface area contributed by atoms with Crippen molar-refractivity contribution in [2.24, 2.45) is 0 Å². The molecule has 0 atom stereocenters. The fraction of sp³-hybridized carbons (Fsp3) is 0.231. The summed E-state index contributed by atoms with van der Waals surface area (Å²) in [7, 11) is -2.14. The summed E-state index contributed by atoms with van der Waals surface area (Å²) in [5.41, 5.74) is 6.65. The highest BCUT2D eigenvalue weighted by Crippen LogP contribution is 2.23. The summed E-state index contributed by atoms with van der Waals surface area (Å²) in [4.78, 5) is 1.43. The molecule has 0 aliphatic heterocycles. The highest BCUT2D eigenvalue weighted by atomic mass is 32.2. The molecule has 5 nitrogen and oxygen atoms in total. The van der Waals surface area contributed by atoms with Crippen molar-refractivity contribution < 1.29 is 8.42 Å². The van der Waals surface area contributed by atoms with Gasteiger partial charge in [-0.3, -0.25) is 0 Å². The average molecular weight is 311 g/mol. The summed E-state index contributed by atoms with van der Waals surface area (Å²) >= 11 is 1.68. The van der Waals surface area contributed by atoms with Crippen molar-refractivity contribution in [3.05, 3.63) is 40.6 Å². The number of benzene rings is 1. The van der Waals surface area contributed by atoms with Crippen LogP contribution in [0.1, 0.15) is 4.88 Å². The van der Waals surface area contributed by atoms with Crippen molar-refractivity contribution in [2.45, 2.75) is 11.3 Å². The number of hydrogen-bond donors (Lipinski definition) is 3. The van der Waals surface area contributed by atoms with Gasteiger partial charge in [-0.2, -0.15) is 0 Å². The van der Waals surface area contributed by atoms with E-state index in [1.165, 1.54) is 18.0 Å². The Morgan fingerprint density at radius 3 is 2.75 bits per heavy atom. The number of nitrogen functional groups attached to an aromatic ring is 1. The summed E-state index contributed by atoms with van der Waals surface area (Å²) in [6.07, 6.45) is 0.848. The maximum Gasteiger partial charge on any atom is 0.242 e. The van der Waals surface area contributed by atoms with Crippen LogP contribution < -0.4 is 15.8 Å². The lowest BCUT2D eigenvalue weighted by Crippen LogP contribution is -2.20.